The number of halogens is 1. The Labute approximate surface area is 212 Å². The van der Waals surface area contributed by atoms with Gasteiger partial charge in [0.15, 0.2) is 11.6 Å². The lowest BCUT2D eigenvalue weighted by Gasteiger charge is -2.23. The van der Waals surface area contributed by atoms with Crippen LogP contribution in [0.1, 0.15) is 58.3 Å². The van der Waals surface area contributed by atoms with E-state index in [1.54, 1.807) is 12.1 Å². The molecule has 1 saturated carbocycles. The molecule has 1 aromatic carbocycles. The molecule has 0 radical (unpaired) electrons. The van der Waals surface area contributed by atoms with Gasteiger partial charge in [-0.3, -0.25) is 4.90 Å². The summed E-state index contributed by atoms with van der Waals surface area (Å²) in [6.45, 7) is 5.18. The van der Waals surface area contributed by atoms with E-state index in [-0.39, 0.29) is 5.75 Å². The number of rotatable bonds is 11. The zero-order valence-electron chi connectivity index (χ0n) is 20.9. The number of thioether (sulfide) groups is 1. The second kappa shape index (κ2) is 13.1. The summed E-state index contributed by atoms with van der Waals surface area (Å²) in [4.78, 5) is 16.4. The van der Waals surface area contributed by atoms with Crippen molar-refractivity contribution in [3.63, 3.8) is 0 Å². The van der Waals surface area contributed by atoms with E-state index in [9.17, 15) is 4.39 Å². The number of likely N-dealkylation sites (N-methyl/N-ethyl adjacent to an activating group) is 1. The molecule has 35 heavy (non-hydrogen) atoms. The van der Waals surface area contributed by atoms with Crippen LogP contribution in [0, 0.1) is 5.82 Å². The Morgan fingerprint density at radius 2 is 1.80 bits per heavy atom. The first-order chi connectivity index (χ1) is 17.1. The molecule has 2 fully saturated rings. The van der Waals surface area contributed by atoms with Gasteiger partial charge in [0, 0.05) is 30.4 Å². The molecule has 2 aromatic rings. The first-order valence-electron chi connectivity index (χ1n) is 12.8. The molecule has 2 heterocycles. The molecular weight excluding hydrogens is 465 g/mol. The van der Waals surface area contributed by atoms with E-state index in [0.717, 1.165) is 32.5 Å². The van der Waals surface area contributed by atoms with Crippen molar-refractivity contribution in [1.82, 2.24) is 19.9 Å². The van der Waals surface area contributed by atoms with Crippen molar-refractivity contribution in [1.29, 1.82) is 0 Å². The molecular formula is C25H38FN7OS. The number of hydrogen-bond acceptors (Lipinski definition) is 9. The van der Waals surface area contributed by atoms with Crippen LogP contribution in [0.15, 0.2) is 18.2 Å². The van der Waals surface area contributed by atoms with E-state index in [2.05, 4.69) is 42.7 Å². The van der Waals surface area contributed by atoms with Crippen molar-refractivity contribution >= 4 is 35.3 Å². The minimum absolute atomic E-state index is 0.232. The Balaban J connectivity index is 1.50. The summed E-state index contributed by atoms with van der Waals surface area (Å²) >= 11 is 1.50. The van der Waals surface area contributed by atoms with Gasteiger partial charge >= 0.3 is 0 Å². The minimum atomic E-state index is -0.422. The lowest BCUT2D eigenvalue weighted by Crippen LogP contribution is -2.35. The number of aromatic nitrogens is 3. The Morgan fingerprint density at radius 1 is 1.03 bits per heavy atom. The van der Waals surface area contributed by atoms with Gasteiger partial charge < -0.3 is 20.7 Å². The standard InChI is InChI=1S/C25H38FN7OS/c1-3-33-14-8-11-20(33)16-27-23-30-24(28-18-9-6-4-5-7-10-18)32-25(31-23)29-19-12-13-22(21(26)15-19)34-17-35-2/h12-13,15,18,20H,3-11,14,16-17H2,1-2H3,(H3,27,28,29,30,31,32). The number of benzene rings is 1. The monoisotopic (exact) mass is 503 g/mol. The molecule has 1 aliphatic carbocycles. The van der Waals surface area contributed by atoms with Gasteiger partial charge in [-0.1, -0.05) is 32.6 Å². The number of anilines is 4. The highest BCUT2D eigenvalue weighted by Gasteiger charge is 2.23. The third kappa shape index (κ3) is 7.57. The Hall–Kier alpha value is -2.33. The highest BCUT2D eigenvalue weighted by Crippen LogP contribution is 2.25. The molecule has 0 bridgehead atoms. The zero-order valence-corrected chi connectivity index (χ0v) is 21.7. The van der Waals surface area contributed by atoms with Gasteiger partial charge in [0.1, 0.15) is 5.94 Å². The number of likely N-dealkylation sites (tertiary alicyclic amines) is 1. The number of nitrogens with one attached hydrogen (secondary N) is 3. The maximum absolute atomic E-state index is 14.5. The lowest BCUT2D eigenvalue weighted by atomic mass is 10.1. The fourth-order valence-corrected chi connectivity index (χ4v) is 5.13. The predicted octanol–water partition coefficient (Wildman–Crippen LogP) is 5.48. The topological polar surface area (TPSA) is 87.2 Å². The van der Waals surface area contributed by atoms with Crippen LogP contribution in [0.3, 0.4) is 0 Å². The van der Waals surface area contributed by atoms with Gasteiger partial charge in [0.25, 0.3) is 0 Å². The third-order valence-electron chi connectivity index (χ3n) is 6.75. The molecule has 0 spiro atoms. The van der Waals surface area contributed by atoms with E-state index in [0.29, 0.717) is 41.6 Å². The second-order valence-electron chi connectivity index (χ2n) is 9.27. The molecule has 1 aliphatic heterocycles. The van der Waals surface area contributed by atoms with Crippen molar-refractivity contribution in [2.45, 2.75) is 70.4 Å². The van der Waals surface area contributed by atoms with Crippen molar-refractivity contribution in [2.75, 3.05) is 47.8 Å². The van der Waals surface area contributed by atoms with Crippen LogP contribution in [0.25, 0.3) is 0 Å². The van der Waals surface area contributed by atoms with Gasteiger partial charge in [0.05, 0.1) is 0 Å². The van der Waals surface area contributed by atoms with Crippen LogP contribution in [0.5, 0.6) is 5.75 Å². The molecule has 0 amide bonds. The first kappa shape index (κ1) is 25.8. The summed E-state index contributed by atoms with van der Waals surface area (Å²) in [5.74, 6) is 1.68. The summed E-state index contributed by atoms with van der Waals surface area (Å²) in [6, 6.07) is 5.64. The van der Waals surface area contributed by atoms with Crippen molar-refractivity contribution in [2.24, 2.45) is 0 Å². The molecule has 192 valence electrons. The fraction of sp³-hybridized carbons (Fsp3) is 0.640. The van der Waals surface area contributed by atoms with Gasteiger partial charge in [-0.25, -0.2) is 4.39 Å². The number of ether oxygens (including phenoxy) is 1. The normalized spacial score (nSPS) is 19.3. The van der Waals surface area contributed by atoms with E-state index in [1.807, 2.05) is 6.26 Å². The summed E-state index contributed by atoms with van der Waals surface area (Å²) in [5, 5.41) is 10.1. The maximum Gasteiger partial charge on any atom is 0.233 e. The second-order valence-corrected chi connectivity index (χ2v) is 10.1. The van der Waals surface area contributed by atoms with Crippen molar-refractivity contribution < 1.29 is 9.13 Å². The molecule has 1 unspecified atom stereocenters. The van der Waals surface area contributed by atoms with Gasteiger partial charge in [-0.2, -0.15) is 15.0 Å². The van der Waals surface area contributed by atoms with Crippen LogP contribution in [-0.4, -0.2) is 63.8 Å². The Morgan fingerprint density at radius 3 is 2.54 bits per heavy atom. The molecule has 2 aliphatic rings. The van der Waals surface area contributed by atoms with E-state index < -0.39 is 5.82 Å². The molecule has 3 N–H and O–H groups in total. The van der Waals surface area contributed by atoms with Gasteiger partial charge in [-0.15, -0.1) is 11.8 Å². The summed E-state index contributed by atoms with van der Waals surface area (Å²) in [5.41, 5.74) is 0.560. The van der Waals surface area contributed by atoms with E-state index in [4.69, 9.17) is 4.74 Å². The largest absolute Gasteiger partial charge is 0.480 e. The molecule has 10 heteroatoms. The van der Waals surface area contributed by atoms with Gasteiger partial charge in [-0.05, 0) is 57.2 Å². The molecule has 8 nitrogen and oxygen atoms in total. The van der Waals surface area contributed by atoms with Crippen molar-refractivity contribution in [3.05, 3.63) is 24.0 Å². The number of nitrogens with zero attached hydrogens (tertiary/aromatic N) is 4. The molecule has 4 rings (SSSR count). The first-order valence-corrected chi connectivity index (χ1v) is 14.2. The number of hydrogen-bond donors (Lipinski definition) is 3. The van der Waals surface area contributed by atoms with Crippen LogP contribution in [0.2, 0.25) is 0 Å². The Kier molecular flexibility index (Phi) is 9.65. The molecule has 1 saturated heterocycles. The smallest absolute Gasteiger partial charge is 0.233 e. The highest BCUT2D eigenvalue weighted by atomic mass is 32.2. The van der Waals surface area contributed by atoms with E-state index in [1.165, 1.54) is 56.4 Å². The molecule has 1 atom stereocenters. The predicted molar refractivity (Wildman–Crippen MR) is 142 cm³/mol. The molecule has 1 aromatic heterocycles. The highest BCUT2D eigenvalue weighted by molar-refractivity contribution is 7.98. The van der Waals surface area contributed by atoms with Crippen LogP contribution in [0.4, 0.5) is 27.9 Å². The quantitative estimate of drug-likeness (QED) is 0.272. The average molecular weight is 504 g/mol. The van der Waals surface area contributed by atoms with Gasteiger partial charge in [0.2, 0.25) is 17.8 Å². The lowest BCUT2D eigenvalue weighted by molar-refractivity contribution is 0.277. The van der Waals surface area contributed by atoms with Crippen LogP contribution >= 0.6 is 11.8 Å². The summed E-state index contributed by atoms with van der Waals surface area (Å²) < 4.78 is 19.9. The van der Waals surface area contributed by atoms with Crippen molar-refractivity contribution in [3.8, 4) is 5.75 Å². The SMILES string of the molecule is CCN1CCCC1CNc1nc(Nc2ccc(OCSC)c(F)c2)nc(NC2CCCCCC2)n1. The zero-order chi connectivity index (χ0) is 24.5. The average Bonchev–Trinajstić information content (AvgIpc) is 3.16. The third-order valence-corrected chi connectivity index (χ3v) is 7.10. The summed E-state index contributed by atoms with van der Waals surface area (Å²) in [6.07, 6.45) is 11.6. The maximum atomic E-state index is 14.5. The Bertz CT molecular complexity index is 942. The minimum Gasteiger partial charge on any atom is -0.480 e. The fourth-order valence-electron chi connectivity index (χ4n) is 4.88. The van der Waals surface area contributed by atoms with E-state index >= 15 is 0 Å². The summed E-state index contributed by atoms with van der Waals surface area (Å²) in [7, 11) is 0. The van der Waals surface area contributed by atoms with Crippen LogP contribution in [-0.2, 0) is 0 Å². The van der Waals surface area contributed by atoms with Crippen LogP contribution < -0.4 is 20.7 Å².